The summed E-state index contributed by atoms with van der Waals surface area (Å²) in [5, 5.41) is 0. The molecule has 4 aromatic carbocycles. The summed E-state index contributed by atoms with van der Waals surface area (Å²) < 4.78 is 61.5. The largest absolute Gasteiger partial charge is 0.382 e. The molecule has 8 nitrogen and oxygen atoms in total. The van der Waals surface area contributed by atoms with Crippen molar-refractivity contribution in [3.63, 3.8) is 0 Å². The van der Waals surface area contributed by atoms with Crippen molar-refractivity contribution in [1.29, 1.82) is 0 Å². The molecule has 0 aromatic heterocycles. The highest BCUT2D eigenvalue weighted by Crippen LogP contribution is 2.24. The van der Waals surface area contributed by atoms with Crippen LogP contribution in [0.5, 0.6) is 0 Å². The first kappa shape index (κ1) is 34.5. The first-order valence-corrected chi connectivity index (χ1v) is 16.7. The van der Waals surface area contributed by atoms with E-state index in [0.29, 0.717) is 6.61 Å². The van der Waals surface area contributed by atoms with Gasteiger partial charge in [0.1, 0.15) is 24.4 Å². The van der Waals surface area contributed by atoms with Gasteiger partial charge in [-0.15, -0.1) is 0 Å². The zero-order valence-electron chi connectivity index (χ0n) is 25.8. The second kappa shape index (κ2) is 18.5. The van der Waals surface area contributed by atoms with Gasteiger partial charge in [-0.2, -0.15) is 8.42 Å². The van der Waals surface area contributed by atoms with Crippen molar-refractivity contribution in [3.05, 3.63) is 144 Å². The number of rotatable bonds is 20. The van der Waals surface area contributed by atoms with Crippen LogP contribution >= 0.6 is 0 Å². The Kier molecular flexibility index (Phi) is 14.2. The molecule has 9 heteroatoms. The van der Waals surface area contributed by atoms with Gasteiger partial charge in [-0.25, -0.2) is 0 Å². The lowest BCUT2D eigenvalue weighted by atomic mass is 10.0. The van der Waals surface area contributed by atoms with E-state index >= 15 is 0 Å². The lowest BCUT2D eigenvalue weighted by Crippen LogP contribution is -2.52. The Balaban J connectivity index is 1.70. The van der Waals surface area contributed by atoms with Gasteiger partial charge < -0.3 is 23.7 Å². The molecule has 0 bridgehead atoms. The van der Waals surface area contributed by atoms with E-state index in [-0.39, 0.29) is 33.0 Å². The van der Waals surface area contributed by atoms with E-state index in [1.54, 1.807) is 7.11 Å². The van der Waals surface area contributed by atoms with Crippen LogP contribution in [0.1, 0.15) is 22.3 Å². The summed E-state index contributed by atoms with van der Waals surface area (Å²) in [4.78, 5) is 0. The molecule has 0 N–H and O–H groups in total. The molecule has 0 saturated carbocycles. The van der Waals surface area contributed by atoms with Gasteiger partial charge in [0.25, 0.3) is 10.1 Å². The van der Waals surface area contributed by atoms with Crippen molar-refractivity contribution in [2.24, 2.45) is 0 Å². The lowest BCUT2D eigenvalue weighted by Gasteiger charge is -2.37. The number of hydrogen-bond donors (Lipinski definition) is 0. The van der Waals surface area contributed by atoms with Gasteiger partial charge in [0, 0.05) is 7.11 Å². The monoisotopic (exact) mass is 634 g/mol. The quantitative estimate of drug-likeness (QED) is 0.110. The van der Waals surface area contributed by atoms with E-state index in [2.05, 4.69) is 0 Å². The minimum atomic E-state index is -3.79. The van der Waals surface area contributed by atoms with Crippen LogP contribution in [0.3, 0.4) is 0 Å². The maximum atomic E-state index is 12.2. The molecule has 0 unspecified atom stereocenters. The molecule has 4 atom stereocenters. The van der Waals surface area contributed by atoms with Crippen molar-refractivity contribution in [1.82, 2.24) is 0 Å². The Hall–Kier alpha value is -3.41. The fourth-order valence-electron chi connectivity index (χ4n) is 4.75. The third-order valence-corrected chi connectivity index (χ3v) is 7.58. The van der Waals surface area contributed by atoms with Crippen molar-refractivity contribution in [3.8, 4) is 0 Å². The first-order chi connectivity index (χ1) is 21.9. The molecule has 0 radical (unpaired) electrons. The Morgan fingerprint density at radius 1 is 0.489 bits per heavy atom. The molecule has 4 rings (SSSR count). The Labute approximate surface area is 266 Å². The van der Waals surface area contributed by atoms with Crippen LogP contribution < -0.4 is 0 Å². The molecular formula is C36H42O8S. The Morgan fingerprint density at radius 2 is 0.800 bits per heavy atom. The summed E-state index contributed by atoms with van der Waals surface area (Å²) in [6, 6.07) is 39.0. The minimum Gasteiger partial charge on any atom is -0.382 e. The fourth-order valence-corrected chi connectivity index (χ4v) is 5.13. The molecule has 0 spiro atoms. The Bertz CT molecular complexity index is 1450. The highest BCUT2D eigenvalue weighted by atomic mass is 32.2. The second-order valence-electron chi connectivity index (χ2n) is 10.6. The van der Waals surface area contributed by atoms with Crippen LogP contribution in [0.4, 0.5) is 0 Å². The topological polar surface area (TPSA) is 89.5 Å². The number of ether oxygens (including phenoxy) is 5. The molecule has 0 heterocycles. The van der Waals surface area contributed by atoms with Crippen molar-refractivity contribution in [2.75, 3.05) is 26.6 Å². The molecule has 0 fully saturated rings. The van der Waals surface area contributed by atoms with E-state index in [4.69, 9.17) is 27.9 Å². The molecule has 240 valence electrons. The molecular weight excluding hydrogens is 592 g/mol. The molecule has 45 heavy (non-hydrogen) atoms. The average Bonchev–Trinajstić information content (AvgIpc) is 3.06. The zero-order chi connectivity index (χ0) is 31.7. The van der Waals surface area contributed by atoms with E-state index < -0.39 is 34.5 Å². The number of benzene rings is 4. The van der Waals surface area contributed by atoms with E-state index in [1.165, 1.54) is 0 Å². The third-order valence-electron chi connectivity index (χ3n) is 7.02. The van der Waals surface area contributed by atoms with E-state index in [1.807, 2.05) is 121 Å². The van der Waals surface area contributed by atoms with E-state index in [0.717, 1.165) is 28.5 Å². The summed E-state index contributed by atoms with van der Waals surface area (Å²) in [6.07, 6.45) is -2.03. The zero-order valence-corrected chi connectivity index (χ0v) is 26.6. The normalized spacial score (nSPS) is 14.4. The lowest BCUT2D eigenvalue weighted by molar-refractivity contribution is -0.201. The van der Waals surface area contributed by atoms with Gasteiger partial charge in [-0.1, -0.05) is 121 Å². The van der Waals surface area contributed by atoms with Gasteiger partial charge in [0.05, 0.1) is 45.9 Å². The number of methoxy groups -OCH3 is 1. The molecule has 0 amide bonds. The summed E-state index contributed by atoms with van der Waals surface area (Å²) in [6.45, 7) is 0.892. The fraction of sp³-hybridized carbons (Fsp3) is 0.333. The molecule has 0 aliphatic heterocycles. The van der Waals surface area contributed by atoms with Crippen LogP contribution in [0.2, 0.25) is 0 Å². The van der Waals surface area contributed by atoms with Crippen LogP contribution in [0.15, 0.2) is 121 Å². The van der Waals surface area contributed by atoms with Crippen molar-refractivity contribution in [2.45, 2.75) is 50.8 Å². The van der Waals surface area contributed by atoms with Gasteiger partial charge in [-0.05, 0) is 22.3 Å². The molecule has 0 aliphatic carbocycles. The second-order valence-corrected chi connectivity index (χ2v) is 12.3. The highest BCUT2D eigenvalue weighted by Gasteiger charge is 2.39. The SMILES string of the molecule is COC[C@@H](OCc1ccccc1)[C@@H](OCc1ccccc1)[C@H](OCc1ccccc1)[C@@H](COS(C)(=O)=O)OCc1ccccc1. The molecule has 4 aromatic rings. The summed E-state index contributed by atoms with van der Waals surface area (Å²) in [7, 11) is -2.19. The maximum Gasteiger partial charge on any atom is 0.264 e. The van der Waals surface area contributed by atoms with Gasteiger partial charge in [-0.3, -0.25) is 4.18 Å². The Morgan fingerprint density at radius 3 is 1.11 bits per heavy atom. The molecule has 0 saturated heterocycles. The van der Waals surface area contributed by atoms with Crippen LogP contribution in [-0.2, 0) is 64.4 Å². The van der Waals surface area contributed by atoms with Crippen molar-refractivity contribution < 1.29 is 36.3 Å². The first-order valence-electron chi connectivity index (χ1n) is 14.9. The van der Waals surface area contributed by atoms with Crippen LogP contribution in [0, 0.1) is 0 Å². The third kappa shape index (κ3) is 12.5. The summed E-state index contributed by atoms with van der Waals surface area (Å²) in [5.41, 5.74) is 3.79. The van der Waals surface area contributed by atoms with E-state index in [9.17, 15) is 8.42 Å². The average molecular weight is 635 g/mol. The van der Waals surface area contributed by atoms with Gasteiger partial charge >= 0.3 is 0 Å². The summed E-state index contributed by atoms with van der Waals surface area (Å²) >= 11 is 0. The van der Waals surface area contributed by atoms with Gasteiger partial charge in [0.15, 0.2) is 0 Å². The van der Waals surface area contributed by atoms with Gasteiger partial charge in [0.2, 0.25) is 0 Å². The molecule has 0 aliphatic rings. The predicted molar refractivity (Wildman–Crippen MR) is 173 cm³/mol. The maximum absolute atomic E-state index is 12.2. The number of hydrogen-bond acceptors (Lipinski definition) is 8. The highest BCUT2D eigenvalue weighted by molar-refractivity contribution is 7.85. The predicted octanol–water partition coefficient (Wildman–Crippen LogP) is 5.95. The summed E-state index contributed by atoms with van der Waals surface area (Å²) in [5.74, 6) is 0. The minimum absolute atomic E-state index is 0.190. The standard InChI is InChI=1S/C36H42O8S/c1-39-27-33(40-23-29-15-7-3-8-16-29)35(42-25-31-19-11-5-12-20-31)36(43-26-32-21-13-6-14-22-32)34(28-44-45(2,37)38)41-24-30-17-9-4-10-18-30/h3-22,33-36H,23-28H2,1-2H3/t33-,34-,35-,36-/m1/s1. The van der Waals surface area contributed by atoms with Crippen LogP contribution in [0.25, 0.3) is 0 Å². The van der Waals surface area contributed by atoms with Crippen LogP contribution in [-0.4, -0.2) is 59.4 Å². The smallest absolute Gasteiger partial charge is 0.264 e. The van der Waals surface area contributed by atoms with Crippen molar-refractivity contribution >= 4 is 10.1 Å².